The molecule has 0 aromatic carbocycles. The molecule has 2 N–H and O–H groups in total. The molecule has 1 atom stereocenters. The number of carbonyl (C=O) groups is 1. The molecule has 2 rings (SSSR count). The predicted molar refractivity (Wildman–Crippen MR) is 68.5 cm³/mol. The van der Waals surface area contributed by atoms with Gasteiger partial charge in [-0.3, -0.25) is 4.79 Å². The summed E-state index contributed by atoms with van der Waals surface area (Å²) in [6.07, 6.45) is -0.0187. The smallest absolute Gasteiger partial charge is 0.264 e. The normalized spacial score (nSPS) is 20.6. The molecule has 5 heteroatoms. The largest absolute Gasteiger partial charge is 0.373 e. The molecule has 1 aromatic rings. The molecule has 4 nitrogen and oxygen atoms in total. The number of amides is 1. The lowest BCUT2D eigenvalue weighted by molar-refractivity contribution is -0.0165. The number of thiophene rings is 1. The standard InChI is InChI=1S/C12H18N2O2S/c1-8-5-11(17-9(8)2)12(15)14-3-4-16-10(6-13)7-14/h5,10H,3-4,6-7,13H2,1-2H3. The number of hydrogen-bond donors (Lipinski definition) is 1. The van der Waals surface area contributed by atoms with Crippen LogP contribution in [0.4, 0.5) is 0 Å². The van der Waals surface area contributed by atoms with Crippen LogP contribution in [0.25, 0.3) is 0 Å². The van der Waals surface area contributed by atoms with Gasteiger partial charge in [-0.05, 0) is 25.5 Å². The molecule has 0 radical (unpaired) electrons. The fourth-order valence-electron chi connectivity index (χ4n) is 1.88. The van der Waals surface area contributed by atoms with E-state index in [0.717, 1.165) is 4.88 Å². The first kappa shape index (κ1) is 12.5. The van der Waals surface area contributed by atoms with E-state index in [0.29, 0.717) is 26.2 Å². The number of aryl methyl sites for hydroxylation is 2. The first-order chi connectivity index (χ1) is 8.11. The molecule has 0 aliphatic carbocycles. The van der Waals surface area contributed by atoms with Gasteiger partial charge in [0, 0.05) is 24.5 Å². The van der Waals surface area contributed by atoms with E-state index in [9.17, 15) is 4.79 Å². The minimum absolute atomic E-state index is 0.0187. The summed E-state index contributed by atoms with van der Waals surface area (Å²) in [6, 6.07) is 1.97. The topological polar surface area (TPSA) is 55.6 Å². The molecule has 0 bridgehead atoms. The van der Waals surface area contributed by atoms with Crippen molar-refractivity contribution in [1.29, 1.82) is 0 Å². The summed E-state index contributed by atoms with van der Waals surface area (Å²) in [4.78, 5) is 16.1. The summed E-state index contributed by atoms with van der Waals surface area (Å²) in [7, 11) is 0. The zero-order chi connectivity index (χ0) is 12.4. The molecule has 2 heterocycles. The highest BCUT2D eigenvalue weighted by molar-refractivity contribution is 7.14. The molecule has 1 fully saturated rings. The predicted octanol–water partition coefficient (Wildman–Crippen LogP) is 1.16. The molecule has 0 spiro atoms. The van der Waals surface area contributed by atoms with E-state index in [4.69, 9.17) is 10.5 Å². The SMILES string of the molecule is Cc1cc(C(=O)N2CCOC(CN)C2)sc1C. The first-order valence-electron chi connectivity index (χ1n) is 5.79. The Morgan fingerprint density at radius 1 is 1.65 bits per heavy atom. The van der Waals surface area contributed by atoms with Gasteiger partial charge in [0.15, 0.2) is 0 Å². The van der Waals surface area contributed by atoms with Crippen LogP contribution in [0.15, 0.2) is 6.07 Å². The van der Waals surface area contributed by atoms with E-state index < -0.39 is 0 Å². The minimum atomic E-state index is -0.0187. The van der Waals surface area contributed by atoms with Crippen molar-refractivity contribution in [2.24, 2.45) is 5.73 Å². The Hall–Kier alpha value is -0.910. The molecule has 1 aliphatic rings. The molecule has 1 saturated heterocycles. The summed E-state index contributed by atoms with van der Waals surface area (Å²) in [5, 5.41) is 0. The first-order valence-corrected chi connectivity index (χ1v) is 6.61. The molecule has 1 aliphatic heterocycles. The van der Waals surface area contributed by atoms with Gasteiger partial charge in [-0.1, -0.05) is 0 Å². The number of hydrogen-bond acceptors (Lipinski definition) is 4. The van der Waals surface area contributed by atoms with Crippen molar-refractivity contribution in [3.63, 3.8) is 0 Å². The zero-order valence-electron chi connectivity index (χ0n) is 10.2. The summed E-state index contributed by atoms with van der Waals surface area (Å²) >= 11 is 1.56. The molecule has 17 heavy (non-hydrogen) atoms. The highest BCUT2D eigenvalue weighted by Crippen LogP contribution is 2.22. The summed E-state index contributed by atoms with van der Waals surface area (Å²) in [5.41, 5.74) is 6.75. The minimum Gasteiger partial charge on any atom is -0.373 e. The summed E-state index contributed by atoms with van der Waals surface area (Å²) in [5.74, 6) is 0.105. The van der Waals surface area contributed by atoms with Crippen molar-refractivity contribution < 1.29 is 9.53 Å². The highest BCUT2D eigenvalue weighted by atomic mass is 32.1. The van der Waals surface area contributed by atoms with Crippen LogP contribution in [-0.2, 0) is 4.74 Å². The Labute approximate surface area is 105 Å². The Morgan fingerprint density at radius 2 is 2.41 bits per heavy atom. The molecule has 1 amide bonds. The monoisotopic (exact) mass is 254 g/mol. The van der Waals surface area contributed by atoms with Crippen LogP contribution in [0.5, 0.6) is 0 Å². The van der Waals surface area contributed by atoms with Crippen LogP contribution in [0, 0.1) is 13.8 Å². The van der Waals surface area contributed by atoms with Gasteiger partial charge in [-0.2, -0.15) is 0 Å². The molecule has 1 aromatic heterocycles. The second-order valence-corrected chi connectivity index (χ2v) is 5.59. The maximum Gasteiger partial charge on any atom is 0.264 e. The molecule has 94 valence electrons. The summed E-state index contributed by atoms with van der Waals surface area (Å²) < 4.78 is 5.46. The fourth-order valence-corrected chi connectivity index (χ4v) is 2.88. The van der Waals surface area contributed by atoms with Crippen molar-refractivity contribution in [3.8, 4) is 0 Å². The average molecular weight is 254 g/mol. The van der Waals surface area contributed by atoms with Crippen molar-refractivity contribution >= 4 is 17.2 Å². The van der Waals surface area contributed by atoms with Crippen LogP contribution in [0.1, 0.15) is 20.1 Å². The molecular formula is C12H18N2O2S. The third-order valence-electron chi connectivity index (χ3n) is 3.07. The Morgan fingerprint density at radius 3 is 3.00 bits per heavy atom. The molecule has 0 saturated carbocycles. The van der Waals surface area contributed by atoms with E-state index in [2.05, 4.69) is 0 Å². The van der Waals surface area contributed by atoms with Crippen LogP contribution < -0.4 is 5.73 Å². The number of nitrogens with zero attached hydrogens (tertiary/aromatic N) is 1. The van der Waals surface area contributed by atoms with Crippen molar-refractivity contribution in [2.75, 3.05) is 26.2 Å². The van der Waals surface area contributed by atoms with E-state index in [1.165, 1.54) is 10.4 Å². The lowest BCUT2D eigenvalue weighted by atomic mass is 10.2. The Balaban J connectivity index is 2.09. The van der Waals surface area contributed by atoms with E-state index in [-0.39, 0.29) is 12.0 Å². The maximum atomic E-state index is 12.3. The van der Waals surface area contributed by atoms with Gasteiger partial charge in [0.2, 0.25) is 0 Å². The lowest BCUT2D eigenvalue weighted by Gasteiger charge is -2.32. The third kappa shape index (κ3) is 2.68. The van der Waals surface area contributed by atoms with Gasteiger partial charge in [0.05, 0.1) is 17.6 Å². The van der Waals surface area contributed by atoms with Gasteiger partial charge in [0.1, 0.15) is 0 Å². The van der Waals surface area contributed by atoms with E-state index >= 15 is 0 Å². The van der Waals surface area contributed by atoms with Crippen molar-refractivity contribution in [3.05, 3.63) is 21.4 Å². The third-order valence-corrected chi connectivity index (χ3v) is 4.21. The van der Waals surface area contributed by atoms with Crippen LogP contribution in [0.2, 0.25) is 0 Å². The van der Waals surface area contributed by atoms with Crippen LogP contribution >= 0.6 is 11.3 Å². The van der Waals surface area contributed by atoms with Crippen molar-refractivity contribution in [2.45, 2.75) is 20.0 Å². The van der Waals surface area contributed by atoms with Crippen molar-refractivity contribution in [1.82, 2.24) is 4.90 Å². The van der Waals surface area contributed by atoms with Gasteiger partial charge in [0.25, 0.3) is 5.91 Å². The number of morpholine rings is 1. The number of carbonyl (C=O) groups excluding carboxylic acids is 1. The Bertz CT molecular complexity index is 397. The van der Waals surface area contributed by atoms with Gasteiger partial charge in [-0.15, -0.1) is 11.3 Å². The van der Waals surface area contributed by atoms with Gasteiger partial charge >= 0.3 is 0 Å². The van der Waals surface area contributed by atoms with Gasteiger partial charge in [-0.25, -0.2) is 0 Å². The zero-order valence-corrected chi connectivity index (χ0v) is 11.0. The maximum absolute atomic E-state index is 12.3. The quantitative estimate of drug-likeness (QED) is 0.862. The molecular weight excluding hydrogens is 236 g/mol. The van der Waals surface area contributed by atoms with E-state index in [1.807, 2.05) is 24.8 Å². The number of nitrogens with two attached hydrogens (primary N) is 1. The van der Waals surface area contributed by atoms with Gasteiger partial charge < -0.3 is 15.4 Å². The fraction of sp³-hybridized carbons (Fsp3) is 0.583. The number of rotatable bonds is 2. The summed E-state index contributed by atoms with van der Waals surface area (Å²) in [6.45, 7) is 6.38. The molecule has 1 unspecified atom stereocenters. The Kier molecular flexibility index (Phi) is 3.81. The number of ether oxygens (including phenoxy) is 1. The van der Waals surface area contributed by atoms with Crippen LogP contribution in [-0.4, -0.2) is 43.2 Å². The van der Waals surface area contributed by atoms with Crippen LogP contribution in [0.3, 0.4) is 0 Å². The second kappa shape index (κ2) is 5.16. The lowest BCUT2D eigenvalue weighted by Crippen LogP contribution is -2.48. The average Bonchev–Trinajstić information content (AvgIpc) is 2.69. The second-order valence-electron chi connectivity index (χ2n) is 4.33. The van der Waals surface area contributed by atoms with E-state index in [1.54, 1.807) is 11.3 Å². The highest BCUT2D eigenvalue weighted by Gasteiger charge is 2.25.